The van der Waals surface area contributed by atoms with Crippen LogP contribution in [-0.4, -0.2) is 35.0 Å². The van der Waals surface area contributed by atoms with Gasteiger partial charge in [-0.2, -0.15) is 0 Å². The van der Waals surface area contributed by atoms with Crippen molar-refractivity contribution in [3.05, 3.63) is 59.1 Å². The Hall–Kier alpha value is -1.62. The van der Waals surface area contributed by atoms with E-state index >= 15 is 0 Å². The second kappa shape index (κ2) is 8.02. The van der Waals surface area contributed by atoms with Crippen LogP contribution >= 0.6 is 34.8 Å². The first-order chi connectivity index (χ1) is 13.5. The van der Waals surface area contributed by atoms with E-state index in [0.717, 1.165) is 31.5 Å². The van der Waals surface area contributed by atoms with Crippen LogP contribution in [0.2, 0.25) is 5.02 Å². The number of carbonyl (C=O) groups is 1. The van der Waals surface area contributed by atoms with Gasteiger partial charge in [0.1, 0.15) is 15.8 Å². The van der Waals surface area contributed by atoms with E-state index in [1.54, 1.807) is 23.1 Å². The number of carbonyl (C=O) groups excluding carboxylic acids is 1. The number of rotatable bonds is 5. The maximum atomic E-state index is 12.2. The highest BCUT2D eigenvalue weighted by Crippen LogP contribution is 2.64. The topological polar surface area (TPSA) is 38.8 Å². The van der Waals surface area contributed by atoms with Crippen LogP contribution in [-0.2, 0) is 0 Å². The minimum Gasteiger partial charge on any atom is -0.491 e. The van der Waals surface area contributed by atoms with Crippen LogP contribution in [0.4, 0.5) is 4.79 Å². The molecule has 2 atom stereocenters. The fourth-order valence-electron chi connectivity index (χ4n) is 3.61. The molecule has 0 bridgehead atoms. The van der Waals surface area contributed by atoms with Gasteiger partial charge >= 0.3 is 6.09 Å². The minimum absolute atomic E-state index is 0.00647. The number of likely N-dealkylation sites (tertiary alicyclic amines) is 1. The van der Waals surface area contributed by atoms with E-state index in [1.165, 1.54) is 0 Å². The van der Waals surface area contributed by atoms with Gasteiger partial charge in [0.2, 0.25) is 0 Å². The predicted octanol–water partition coefficient (Wildman–Crippen LogP) is 5.90. The Labute approximate surface area is 179 Å². The fourth-order valence-corrected chi connectivity index (χ4v) is 4.60. The average Bonchev–Trinajstić information content (AvgIpc) is 3.04. The molecule has 0 spiro atoms. The first-order valence-corrected chi connectivity index (χ1v) is 10.4. The van der Waals surface area contributed by atoms with Crippen molar-refractivity contribution in [3.8, 4) is 11.5 Å². The van der Waals surface area contributed by atoms with Gasteiger partial charge in [-0.1, -0.05) is 41.9 Å². The molecule has 4 rings (SSSR count). The number of alkyl halides is 2. The maximum Gasteiger partial charge on any atom is 0.415 e. The molecule has 1 amide bonds. The summed E-state index contributed by atoms with van der Waals surface area (Å²) in [5.41, 5.74) is 1.08. The molecule has 2 aliphatic rings. The van der Waals surface area contributed by atoms with Gasteiger partial charge in [-0.25, -0.2) is 4.79 Å². The van der Waals surface area contributed by atoms with Gasteiger partial charge in [0.05, 0.1) is 11.6 Å². The van der Waals surface area contributed by atoms with Gasteiger partial charge in [-0.15, -0.1) is 23.2 Å². The largest absolute Gasteiger partial charge is 0.491 e. The molecule has 2 fully saturated rings. The normalized spacial score (nSPS) is 22.8. The zero-order chi connectivity index (χ0) is 19.7. The Morgan fingerprint density at radius 3 is 2.54 bits per heavy atom. The van der Waals surface area contributed by atoms with Gasteiger partial charge < -0.3 is 14.4 Å². The molecule has 2 aromatic carbocycles. The predicted molar refractivity (Wildman–Crippen MR) is 111 cm³/mol. The second-order valence-electron chi connectivity index (χ2n) is 7.13. The van der Waals surface area contributed by atoms with Crippen molar-refractivity contribution in [2.24, 2.45) is 5.92 Å². The zero-order valence-corrected chi connectivity index (χ0v) is 17.4. The van der Waals surface area contributed by atoms with Crippen molar-refractivity contribution < 1.29 is 14.3 Å². The minimum atomic E-state index is -0.867. The second-order valence-corrected chi connectivity index (χ2v) is 8.99. The molecule has 1 aliphatic carbocycles. The van der Waals surface area contributed by atoms with E-state index in [0.29, 0.717) is 23.1 Å². The summed E-state index contributed by atoms with van der Waals surface area (Å²) in [6, 6.07) is 14.8. The molecule has 0 radical (unpaired) electrons. The van der Waals surface area contributed by atoms with Crippen molar-refractivity contribution in [2.45, 2.75) is 23.1 Å². The van der Waals surface area contributed by atoms with E-state index in [2.05, 4.69) is 0 Å². The molecule has 2 aromatic rings. The highest BCUT2D eigenvalue weighted by Gasteiger charge is 2.64. The third-order valence-electron chi connectivity index (χ3n) is 5.25. The van der Waals surface area contributed by atoms with E-state index in [4.69, 9.17) is 44.3 Å². The van der Waals surface area contributed by atoms with Gasteiger partial charge in [-0.3, -0.25) is 0 Å². The number of ether oxygens (including phenoxy) is 2. The van der Waals surface area contributed by atoms with Gasteiger partial charge in [0.25, 0.3) is 0 Å². The smallest absolute Gasteiger partial charge is 0.415 e. The molecule has 1 saturated heterocycles. The maximum absolute atomic E-state index is 12.2. The van der Waals surface area contributed by atoms with Crippen LogP contribution in [0, 0.1) is 5.92 Å². The fraction of sp³-hybridized carbons (Fsp3) is 0.381. The molecule has 0 aromatic heterocycles. The summed E-state index contributed by atoms with van der Waals surface area (Å²) in [5, 5.41) is 0.438. The van der Waals surface area contributed by atoms with Crippen LogP contribution in [0.15, 0.2) is 48.5 Å². The average molecular weight is 441 g/mol. The SMILES string of the molecule is O=C(Oc1ccc(Cl)c(OCC2C(c3ccccc3)C2(Cl)Cl)c1)N1CCCC1. The molecule has 2 unspecified atom stereocenters. The van der Waals surface area contributed by atoms with E-state index in [9.17, 15) is 4.79 Å². The third-order valence-corrected chi connectivity index (χ3v) is 6.59. The first kappa shape index (κ1) is 19.7. The Morgan fingerprint density at radius 1 is 1.11 bits per heavy atom. The molecule has 28 heavy (non-hydrogen) atoms. The number of halogens is 3. The highest BCUT2D eigenvalue weighted by atomic mass is 35.5. The van der Waals surface area contributed by atoms with Gasteiger partial charge in [-0.05, 0) is 30.5 Å². The lowest BCUT2D eigenvalue weighted by Gasteiger charge is -2.15. The molecule has 1 aliphatic heterocycles. The number of amides is 1. The lowest BCUT2D eigenvalue weighted by atomic mass is 10.1. The van der Waals surface area contributed by atoms with Gasteiger partial charge in [0, 0.05) is 31.0 Å². The van der Waals surface area contributed by atoms with Crippen molar-refractivity contribution in [3.63, 3.8) is 0 Å². The molecular formula is C21H20Cl3NO3. The molecule has 148 valence electrons. The van der Waals surface area contributed by atoms with Crippen LogP contribution in [0.5, 0.6) is 11.5 Å². The van der Waals surface area contributed by atoms with Gasteiger partial charge in [0.15, 0.2) is 0 Å². The highest BCUT2D eigenvalue weighted by molar-refractivity contribution is 6.52. The van der Waals surface area contributed by atoms with Crippen molar-refractivity contribution in [2.75, 3.05) is 19.7 Å². The van der Waals surface area contributed by atoms with Crippen molar-refractivity contribution in [1.29, 1.82) is 0 Å². The van der Waals surface area contributed by atoms with Crippen LogP contribution in [0.1, 0.15) is 24.3 Å². The molecule has 1 heterocycles. The lowest BCUT2D eigenvalue weighted by Crippen LogP contribution is -2.30. The molecule has 1 saturated carbocycles. The zero-order valence-electron chi connectivity index (χ0n) is 15.1. The molecule has 4 nitrogen and oxygen atoms in total. The quantitative estimate of drug-likeness (QED) is 0.543. The summed E-state index contributed by atoms with van der Waals surface area (Å²) in [5.74, 6) is 0.794. The Balaban J connectivity index is 1.40. The molecule has 0 N–H and O–H groups in total. The summed E-state index contributed by atoms with van der Waals surface area (Å²) in [4.78, 5) is 13.9. The summed E-state index contributed by atoms with van der Waals surface area (Å²) in [7, 11) is 0. The lowest BCUT2D eigenvalue weighted by molar-refractivity contribution is 0.162. The van der Waals surface area contributed by atoms with Crippen molar-refractivity contribution in [1.82, 2.24) is 4.90 Å². The Morgan fingerprint density at radius 2 is 1.82 bits per heavy atom. The van der Waals surface area contributed by atoms with Crippen LogP contribution in [0.3, 0.4) is 0 Å². The number of nitrogens with zero attached hydrogens (tertiary/aromatic N) is 1. The van der Waals surface area contributed by atoms with E-state index < -0.39 is 4.33 Å². The standard InChI is InChI=1S/C21H20Cl3NO3/c22-17-9-8-15(28-20(26)25-10-4-5-11-25)12-18(17)27-13-16-19(21(16,23)24)14-6-2-1-3-7-14/h1-3,6-9,12,16,19H,4-5,10-11,13H2. The van der Waals surface area contributed by atoms with Crippen LogP contribution < -0.4 is 9.47 Å². The summed E-state index contributed by atoms with van der Waals surface area (Å²) in [6.07, 6.45) is 1.66. The number of hydrogen-bond acceptors (Lipinski definition) is 3. The monoisotopic (exact) mass is 439 g/mol. The Kier molecular flexibility index (Phi) is 5.64. The Bertz CT molecular complexity index is 853. The molecular weight excluding hydrogens is 421 g/mol. The van der Waals surface area contributed by atoms with Crippen LogP contribution in [0.25, 0.3) is 0 Å². The summed E-state index contributed by atoms with van der Waals surface area (Å²) < 4.78 is 10.5. The molecule has 7 heteroatoms. The van der Waals surface area contributed by atoms with E-state index in [1.807, 2.05) is 30.3 Å². The number of hydrogen-bond donors (Lipinski definition) is 0. The summed E-state index contributed by atoms with van der Waals surface area (Å²) in [6.45, 7) is 1.77. The third kappa shape index (κ3) is 4.05. The van der Waals surface area contributed by atoms with E-state index in [-0.39, 0.29) is 17.9 Å². The van der Waals surface area contributed by atoms with Crippen molar-refractivity contribution >= 4 is 40.9 Å². The first-order valence-electron chi connectivity index (χ1n) is 9.28. The number of benzene rings is 2. The summed E-state index contributed by atoms with van der Waals surface area (Å²) >= 11 is 19.2.